The lowest BCUT2D eigenvalue weighted by Crippen LogP contribution is -1.96. The van der Waals surface area contributed by atoms with Gasteiger partial charge in [0.15, 0.2) is 0 Å². The van der Waals surface area contributed by atoms with Gasteiger partial charge in [-0.1, -0.05) is 121 Å². The standard InChI is InChI=1S/C48H28N2S/c1-2-14-29(15-3-1)49-39-23-11-8-21-36(39)44-46-43(32-17-4-6-19-34(32)47(44)49)33-18-5-7-20-35(33)48-45(46)37-22-9-12-24-40(37)50(48)30-26-27-42-38(28-30)31-16-10-13-25-41(31)51-42/h1-28H. The fraction of sp³-hybridized carbons (Fsp3) is 0. The number of para-hydroxylation sites is 3. The highest BCUT2D eigenvalue weighted by atomic mass is 32.1. The van der Waals surface area contributed by atoms with Crippen LogP contribution in [-0.4, -0.2) is 9.13 Å². The molecule has 0 atom stereocenters. The number of hydrogen-bond acceptors (Lipinski definition) is 1. The Morgan fingerprint density at radius 3 is 1.39 bits per heavy atom. The van der Waals surface area contributed by atoms with Crippen molar-refractivity contribution in [3.05, 3.63) is 170 Å². The molecule has 0 aliphatic heterocycles. The summed E-state index contributed by atoms with van der Waals surface area (Å²) >= 11 is 1.87. The maximum Gasteiger partial charge on any atom is 0.0626 e. The second-order valence-corrected chi connectivity index (χ2v) is 14.7. The minimum atomic E-state index is 1.17. The van der Waals surface area contributed by atoms with E-state index in [1.165, 1.54) is 107 Å². The second-order valence-electron chi connectivity index (χ2n) is 13.6. The zero-order valence-electron chi connectivity index (χ0n) is 27.5. The molecule has 3 heteroatoms. The SMILES string of the molecule is c1ccc(-n2c3ccccc3c3c4c(c5ccccc5c32)c2ccccc2c2c4c3ccccc3n2-c2ccc3sc4ccccc4c3c2)cc1. The minimum absolute atomic E-state index is 1.17. The molecule has 0 radical (unpaired) electrons. The Labute approximate surface area is 296 Å². The van der Waals surface area contributed by atoms with Crippen molar-refractivity contribution >= 4 is 107 Å². The van der Waals surface area contributed by atoms with E-state index in [1.54, 1.807) is 0 Å². The lowest BCUT2D eigenvalue weighted by atomic mass is 9.89. The summed E-state index contributed by atoms with van der Waals surface area (Å²) in [6, 6.07) is 62.8. The van der Waals surface area contributed by atoms with Crippen LogP contribution in [0.4, 0.5) is 0 Å². The summed E-state index contributed by atoms with van der Waals surface area (Å²) in [5.74, 6) is 0. The van der Waals surface area contributed by atoms with Gasteiger partial charge in [-0.2, -0.15) is 0 Å². The van der Waals surface area contributed by atoms with Crippen molar-refractivity contribution in [2.75, 3.05) is 0 Å². The predicted octanol–water partition coefficient (Wildman–Crippen LogP) is 13.7. The molecule has 12 aromatic rings. The quantitative estimate of drug-likeness (QED) is 0.163. The third-order valence-electron chi connectivity index (χ3n) is 11.0. The van der Waals surface area contributed by atoms with Gasteiger partial charge >= 0.3 is 0 Å². The Hall–Kier alpha value is -6.42. The highest BCUT2D eigenvalue weighted by molar-refractivity contribution is 7.25. The Bertz CT molecular complexity index is 3410. The van der Waals surface area contributed by atoms with Gasteiger partial charge in [0, 0.05) is 69.3 Å². The zero-order chi connectivity index (χ0) is 33.2. The maximum absolute atomic E-state index is 2.54. The summed E-state index contributed by atoms with van der Waals surface area (Å²) < 4.78 is 7.67. The summed E-state index contributed by atoms with van der Waals surface area (Å²) in [4.78, 5) is 0. The molecule has 0 unspecified atom stereocenters. The van der Waals surface area contributed by atoms with Crippen molar-refractivity contribution in [3.8, 4) is 11.4 Å². The van der Waals surface area contributed by atoms with E-state index in [0.29, 0.717) is 0 Å². The molecule has 0 saturated heterocycles. The molecule has 3 heterocycles. The van der Waals surface area contributed by atoms with Gasteiger partial charge in [-0.25, -0.2) is 0 Å². The van der Waals surface area contributed by atoms with E-state index < -0.39 is 0 Å². The van der Waals surface area contributed by atoms with Gasteiger partial charge in [0.2, 0.25) is 0 Å². The fourth-order valence-electron chi connectivity index (χ4n) is 9.07. The molecule has 0 bridgehead atoms. The summed E-state index contributed by atoms with van der Waals surface area (Å²) in [5, 5.41) is 15.5. The molecule has 51 heavy (non-hydrogen) atoms. The monoisotopic (exact) mass is 664 g/mol. The van der Waals surface area contributed by atoms with E-state index in [0.717, 1.165) is 0 Å². The predicted molar refractivity (Wildman–Crippen MR) is 221 cm³/mol. The molecule has 0 spiro atoms. The zero-order valence-corrected chi connectivity index (χ0v) is 28.3. The van der Waals surface area contributed by atoms with Crippen molar-refractivity contribution in [2.45, 2.75) is 0 Å². The molecular weight excluding hydrogens is 637 g/mol. The number of hydrogen-bond donors (Lipinski definition) is 0. The van der Waals surface area contributed by atoms with Crippen LogP contribution in [0.2, 0.25) is 0 Å². The summed E-state index contributed by atoms with van der Waals surface area (Å²) in [6.45, 7) is 0. The minimum Gasteiger partial charge on any atom is -0.309 e. The highest BCUT2D eigenvalue weighted by Gasteiger charge is 2.25. The number of fused-ring (bicyclic) bond motifs is 18. The Kier molecular flexibility index (Phi) is 5.41. The van der Waals surface area contributed by atoms with E-state index >= 15 is 0 Å². The van der Waals surface area contributed by atoms with E-state index in [4.69, 9.17) is 0 Å². The fourth-order valence-corrected chi connectivity index (χ4v) is 10.2. The van der Waals surface area contributed by atoms with Crippen molar-refractivity contribution in [3.63, 3.8) is 0 Å². The first-order valence-electron chi connectivity index (χ1n) is 17.5. The third kappa shape index (κ3) is 3.56. The van der Waals surface area contributed by atoms with Crippen LogP contribution in [0.1, 0.15) is 0 Å². The first kappa shape index (κ1) is 27.4. The molecule has 0 N–H and O–H groups in total. The van der Waals surface area contributed by atoms with E-state index in [9.17, 15) is 0 Å². The summed E-state index contributed by atoms with van der Waals surface area (Å²) in [5.41, 5.74) is 7.30. The molecule has 236 valence electrons. The first-order valence-corrected chi connectivity index (χ1v) is 18.4. The summed E-state index contributed by atoms with van der Waals surface area (Å²) in [6.07, 6.45) is 0. The number of aromatic nitrogens is 2. The van der Waals surface area contributed by atoms with E-state index in [1.807, 2.05) is 11.3 Å². The molecule has 0 aliphatic rings. The normalized spacial score (nSPS) is 12.3. The Morgan fingerprint density at radius 1 is 0.294 bits per heavy atom. The molecule has 3 aromatic heterocycles. The van der Waals surface area contributed by atoms with Crippen LogP contribution in [0.25, 0.3) is 107 Å². The van der Waals surface area contributed by atoms with Crippen molar-refractivity contribution in [2.24, 2.45) is 0 Å². The van der Waals surface area contributed by atoms with E-state index in [2.05, 4.69) is 179 Å². The van der Waals surface area contributed by atoms with Gasteiger partial charge in [-0.05, 0) is 64.7 Å². The lowest BCUT2D eigenvalue weighted by molar-refractivity contribution is 1.19. The van der Waals surface area contributed by atoms with Crippen molar-refractivity contribution < 1.29 is 0 Å². The van der Waals surface area contributed by atoms with Gasteiger partial charge < -0.3 is 9.13 Å². The van der Waals surface area contributed by atoms with Crippen molar-refractivity contribution in [1.29, 1.82) is 0 Å². The van der Waals surface area contributed by atoms with Crippen LogP contribution in [0.15, 0.2) is 170 Å². The van der Waals surface area contributed by atoms with Crippen LogP contribution < -0.4 is 0 Å². The largest absolute Gasteiger partial charge is 0.309 e. The molecule has 0 amide bonds. The third-order valence-corrected chi connectivity index (χ3v) is 12.2. The molecule has 0 saturated carbocycles. The molecule has 0 fully saturated rings. The van der Waals surface area contributed by atoms with Crippen LogP contribution in [0, 0.1) is 0 Å². The number of rotatable bonds is 2. The van der Waals surface area contributed by atoms with Gasteiger partial charge in [-0.3, -0.25) is 0 Å². The molecule has 2 nitrogen and oxygen atoms in total. The topological polar surface area (TPSA) is 9.86 Å². The Morgan fingerprint density at radius 2 is 0.765 bits per heavy atom. The second kappa shape index (κ2) is 10.1. The van der Waals surface area contributed by atoms with Crippen molar-refractivity contribution in [1.82, 2.24) is 9.13 Å². The smallest absolute Gasteiger partial charge is 0.0626 e. The van der Waals surface area contributed by atoms with Gasteiger partial charge in [0.1, 0.15) is 0 Å². The highest BCUT2D eigenvalue weighted by Crippen LogP contribution is 2.50. The first-order chi connectivity index (χ1) is 25.3. The summed E-state index contributed by atoms with van der Waals surface area (Å²) in [7, 11) is 0. The number of nitrogens with zero attached hydrogens (tertiary/aromatic N) is 2. The molecule has 0 aliphatic carbocycles. The molecule has 9 aromatic carbocycles. The average molecular weight is 665 g/mol. The van der Waals surface area contributed by atoms with Crippen LogP contribution in [-0.2, 0) is 0 Å². The number of benzene rings is 9. The number of thiophene rings is 1. The lowest BCUT2D eigenvalue weighted by Gasteiger charge is -2.16. The maximum atomic E-state index is 2.54. The molecular formula is C48H28N2S. The van der Waals surface area contributed by atoms with Crippen LogP contribution in [0.5, 0.6) is 0 Å². The average Bonchev–Trinajstić information content (AvgIpc) is 3.86. The Balaban J connectivity index is 1.39. The van der Waals surface area contributed by atoms with Gasteiger partial charge in [0.05, 0.1) is 22.1 Å². The van der Waals surface area contributed by atoms with Crippen LogP contribution in [0.3, 0.4) is 0 Å². The van der Waals surface area contributed by atoms with Gasteiger partial charge in [0.25, 0.3) is 0 Å². The van der Waals surface area contributed by atoms with E-state index in [-0.39, 0.29) is 0 Å². The van der Waals surface area contributed by atoms with Crippen LogP contribution >= 0.6 is 11.3 Å². The van der Waals surface area contributed by atoms with Gasteiger partial charge in [-0.15, -0.1) is 11.3 Å². The molecule has 12 rings (SSSR count).